The van der Waals surface area contributed by atoms with Crippen molar-refractivity contribution < 1.29 is 9.90 Å². The number of Topliss-reactive ketones (excluding diaryl/α,β-unsaturated/α-hetero) is 1. The lowest BCUT2D eigenvalue weighted by Crippen LogP contribution is -2.21. The highest BCUT2D eigenvalue weighted by atomic mass is 35.5. The van der Waals surface area contributed by atoms with E-state index in [2.05, 4.69) is 6.07 Å². The first-order chi connectivity index (χ1) is 12.0. The Morgan fingerprint density at radius 3 is 2.48 bits per heavy atom. The molecule has 0 unspecified atom stereocenters. The number of rotatable bonds is 2. The Balaban J connectivity index is 1.86. The maximum atomic E-state index is 12.9. The van der Waals surface area contributed by atoms with E-state index in [1.165, 1.54) is 0 Å². The quantitative estimate of drug-likeness (QED) is 0.731. The summed E-state index contributed by atoms with van der Waals surface area (Å²) in [5.41, 5.74) is 5.66. The summed E-state index contributed by atoms with van der Waals surface area (Å²) in [6.07, 6.45) is 2.62. The molecule has 2 aromatic rings. The van der Waals surface area contributed by atoms with Crippen molar-refractivity contribution in [1.29, 1.82) is 0 Å². The summed E-state index contributed by atoms with van der Waals surface area (Å²) in [6.45, 7) is 4.03. The molecule has 2 atom stereocenters. The predicted molar refractivity (Wildman–Crippen MR) is 102 cm³/mol. The molecule has 1 saturated carbocycles. The van der Waals surface area contributed by atoms with Crippen molar-refractivity contribution in [1.82, 2.24) is 0 Å². The number of aliphatic hydroxyl groups excluding tert-OH is 1. The fourth-order valence-electron chi connectivity index (χ4n) is 4.28. The number of carbonyl (C=O) groups excluding carboxylic acids is 1. The number of benzene rings is 2. The molecule has 128 valence electrons. The molecule has 2 nitrogen and oxygen atoms in total. The van der Waals surface area contributed by atoms with Gasteiger partial charge in [0.2, 0.25) is 0 Å². The molecule has 2 aliphatic rings. The molecule has 0 radical (unpaired) electrons. The first kappa shape index (κ1) is 16.4. The van der Waals surface area contributed by atoms with Crippen LogP contribution in [0.5, 0.6) is 0 Å². The Morgan fingerprint density at radius 1 is 0.960 bits per heavy atom. The van der Waals surface area contributed by atoms with Gasteiger partial charge < -0.3 is 5.11 Å². The Hall–Kier alpha value is -2.06. The van der Waals surface area contributed by atoms with Crippen LogP contribution >= 0.6 is 11.6 Å². The number of hydrogen-bond acceptors (Lipinski definition) is 2. The molecule has 0 spiro atoms. The molecule has 0 saturated heterocycles. The zero-order valence-electron chi connectivity index (χ0n) is 14.5. The molecule has 2 aromatic carbocycles. The highest BCUT2D eigenvalue weighted by Crippen LogP contribution is 2.46. The molecule has 25 heavy (non-hydrogen) atoms. The maximum Gasteiger partial charge on any atom is 0.169 e. The predicted octanol–water partition coefficient (Wildman–Crippen LogP) is 5.89. The minimum absolute atomic E-state index is 0.0798. The van der Waals surface area contributed by atoms with Crippen LogP contribution in [0.15, 0.2) is 42.2 Å². The molecule has 0 heterocycles. The van der Waals surface area contributed by atoms with Gasteiger partial charge in [-0.25, -0.2) is 0 Å². The number of allylic oxidation sites excluding steroid dienone is 2. The highest BCUT2D eigenvalue weighted by Gasteiger charge is 2.41. The molecule has 4 rings (SSSR count). The minimum Gasteiger partial charge on any atom is -0.511 e. The van der Waals surface area contributed by atoms with Gasteiger partial charge in [0.25, 0.3) is 0 Å². The van der Waals surface area contributed by atoms with Gasteiger partial charge in [-0.1, -0.05) is 29.8 Å². The minimum atomic E-state index is 0.0798. The lowest BCUT2D eigenvalue weighted by atomic mass is 9.81. The second-order valence-electron chi connectivity index (χ2n) is 7.32. The lowest BCUT2D eigenvalue weighted by Gasteiger charge is -2.23. The standard InChI is InChI=1S/C22H21ClO2/c1-12-3-4-14(18-8-7-17(23)9-13(18)2)11-19(12)20-21(24)15-5-6-16(10-15)22(20)25/h3-4,7-9,11,15-16,24H,5-6,10H2,1-2H3/t15-,16+/m1/s1. The number of halogens is 1. The fraction of sp³-hybridized carbons (Fsp3) is 0.318. The summed E-state index contributed by atoms with van der Waals surface area (Å²) in [4.78, 5) is 12.9. The fourth-order valence-corrected chi connectivity index (χ4v) is 4.51. The van der Waals surface area contributed by atoms with Crippen molar-refractivity contribution in [2.45, 2.75) is 33.1 Å². The zero-order valence-corrected chi connectivity index (χ0v) is 15.2. The summed E-state index contributed by atoms with van der Waals surface area (Å²) in [5, 5.41) is 11.4. The third-order valence-corrected chi connectivity index (χ3v) is 5.93. The van der Waals surface area contributed by atoms with Gasteiger partial charge in [-0.2, -0.15) is 0 Å². The van der Waals surface area contributed by atoms with E-state index in [0.29, 0.717) is 16.4 Å². The molecular formula is C22H21ClO2. The van der Waals surface area contributed by atoms with E-state index in [9.17, 15) is 9.90 Å². The smallest absolute Gasteiger partial charge is 0.169 e. The van der Waals surface area contributed by atoms with E-state index in [1.807, 2.05) is 44.2 Å². The third kappa shape index (κ3) is 2.69. The van der Waals surface area contributed by atoms with Crippen molar-refractivity contribution in [3.63, 3.8) is 0 Å². The van der Waals surface area contributed by atoms with Gasteiger partial charge in [0.05, 0.1) is 5.57 Å². The van der Waals surface area contributed by atoms with Crippen LogP contribution in [0, 0.1) is 25.7 Å². The number of hydrogen-bond donors (Lipinski definition) is 1. The van der Waals surface area contributed by atoms with Gasteiger partial charge in [-0.3, -0.25) is 4.79 Å². The Bertz CT molecular complexity index is 910. The van der Waals surface area contributed by atoms with Gasteiger partial charge in [0, 0.05) is 16.9 Å². The summed E-state index contributed by atoms with van der Waals surface area (Å²) in [7, 11) is 0. The molecule has 3 heteroatoms. The van der Waals surface area contributed by atoms with Crippen molar-refractivity contribution in [2.24, 2.45) is 11.8 Å². The van der Waals surface area contributed by atoms with Crippen LogP contribution in [-0.2, 0) is 4.79 Å². The topological polar surface area (TPSA) is 37.3 Å². The van der Waals surface area contributed by atoms with Crippen LogP contribution < -0.4 is 0 Å². The van der Waals surface area contributed by atoms with Crippen molar-refractivity contribution in [3.8, 4) is 11.1 Å². The van der Waals surface area contributed by atoms with E-state index < -0.39 is 0 Å². The second-order valence-corrected chi connectivity index (χ2v) is 7.76. The van der Waals surface area contributed by atoms with E-state index in [4.69, 9.17) is 11.6 Å². The van der Waals surface area contributed by atoms with Gasteiger partial charge in [-0.15, -0.1) is 0 Å². The van der Waals surface area contributed by atoms with Crippen LogP contribution in [0.25, 0.3) is 16.7 Å². The van der Waals surface area contributed by atoms with Crippen molar-refractivity contribution in [3.05, 3.63) is 63.9 Å². The van der Waals surface area contributed by atoms with Crippen LogP contribution in [0.2, 0.25) is 5.02 Å². The normalized spacial score (nSPS) is 22.6. The van der Waals surface area contributed by atoms with Crippen LogP contribution in [0.1, 0.15) is 36.0 Å². The maximum absolute atomic E-state index is 12.9. The summed E-state index contributed by atoms with van der Waals surface area (Å²) in [6, 6.07) is 12.0. The van der Waals surface area contributed by atoms with Crippen LogP contribution in [0.3, 0.4) is 0 Å². The first-order valence-corrected chi connectivity index (χ1v) is 9.18. The van der Waals surface area contributed by atoms with E-state index in [0.717, 1.165) is 47.1 Å². The number of ketones is 1. The molecule has 1 N–H and O–H groups in total. The summed E-state index contributed by atoms with van der Waals surface area (Å²) >= 11 is 6.07. The first-order valence-electron chi connectivity index (χ1n) is 8.80. The van der Waals surface area contributed by atoms with Crippen LogP contribution in [0.4, 0.5) is 0 Å². The zero-order chi connectivity index (χ0) is 17.7. The van der Waals surface area contributed by atoms with Gasteiger partial charge in [0.15, 0.2) is 5.78 Å². The molecule has 2 aliphatic carbocycles. The monoisotopic (exact) mass is 352 g/mol. The lowest BCUT2D eigenvalue weighted by molar-refractivity contribution is -0.117. The van der Waals surface area contributed by atoms with Crippen molar-refractivity contribution >= 4 is 23.0 Å². The summed E-state index contributed by atoms with van der Waals surface area (Å²) in [5.74, 6) is 0.639. The Kier molecular flexibility index (Phi) is 3.96. The third-order valence-electron chi connectivity index (χ3n) is 5.70. The van der Waals surface area contributed by atoms with Gasteiger partial charge in [-0.05, 0) is 79.1 Å². The Morgan fingerprint density at radius 2 is 1.72 bits per heavy atom. The van der Waals surface area contributed by atoms with Gasteiger partial charge >= 0.3 is 0 Å². The number of carbonyl (C=O) groups is 1. The molecule has 0 amide bonds. The second kappa shape index (κ2) is 6.03. The summed E-state index contributed by atoms with van der Waals surface area (Å²) < 4.78 is 0. The van der Waals surface area contributed by atoms with Gasteiger partial charge in [0.1, 0.15) is 5.76 Å². The van der Waals surface area contributed by atoms with E-state index in [1.54, 1.807) is 0 Å². The number of aryl methyl sites for hydroxylation is 2. The average Bonchev–Trinajstić information content (AvgIpc) is 3.02. The molecule has 2 bridgehead atoms. The van der Waals surface area contributed by atoms with E-state index >= 15 is 0 Å². The Labute approximate surface area is 153 Å². The molecule has 0 aliphatic heterocycles. The molecule has 0 aromatic heterocycles. The van der Waals surface area contributed by atoms with Crippen LogP contribution in [-0.4, -0.2) is 10.9 Å². The van der Waals surface area contributed by atoms with Crippen molar-refractivity contribution in [2.75, 3.05) is 0 Å². The number of fused-ring (bicyclic) bond motifs is 2. The largest absolute Gasteiger partial charge is 0.511 e. The van der Waals surface area contributed by atoms with E-state index in [-0.39, 0.29) is 17.6 Å². The molecule has 1 fully saturated rings. The average molecular weight is 353 g/mol. The highest BCUT2D eigenvalue weighted by molar-refractivity contribution is 6.30. The SMILES string of the molecule is Cc1ccc(-c2ccc(Cl)cc2C)cc1C1=C(O)[C@@H]2CC[C@@H](C2)C1=O. The number of aliphatic hydroxyl groups is 1. The molecular weight excluding hydrogens is 332 g/mol.